The number of carbonyl (C=O) groups is 1. The van der Waals surface area contributed by atoms with Gasteiger partial charge in [0, 0.05) is 24.9 Å². The number of carboxylic acid groups (broad SMARTS) is 1. The van der Waals surface area contributed by atoms with E-state index >= 15 is 0 Å². The summed E-state index contributed by atoms with van der Waals surface area (Å²) in [6.07, 6.45) is 0.675. The van der Waals surface area contributed by atoms with Gasteiger partial charge in [0.05, 0.1) is 18.7 Å². The Kier molecular flexibility index (Phi) is 4.68. The molecule has 1 aromatic rings. The summed E-state index contributed by atoms with van der Waals surface area (Å²) in [5, 5.41) is 11.5. The van der Waals surface area contributed by atoms with Gasteiger partial charge in [-0.15, -0.1) is 11.3 Å². The van der Waals surface area contributed by atoms with Crippen LogP contribution in [0.25, 0.3) is 0 Å². The molecular formula is C12H18N2O3S. The second kappa shape index (κ2) is 6.26. The average molecular weight is 270 g/mol. The fraction of sp³-hybridized carbons (Fsp3) is 0.667. The molecule has 1 unspecified atom stereocenters. The van der Waals surface area contributed by atoms with Crippen molar-refractivity contribution >= 4 is 17.3 Å². The van der Waals surface area contributed by atoms with Gasteiger partial charge in [-0.2, -0.15) is 0 Å². The van der Waals surface area contributed by atoms with Crippen molar-refractivity contribution in [2.45, 2.75) is 25.9 Å². The van der Waals surface area contributed by atoms with Crippen molar-refractivity contribution in [3.8, 4) is 0 Å². The molecule has 1 saturated heterocycles. The quantitative estimate of drug-likeness (QED) is 0.879. The largest absolute Gasteiger partial charge is 0.481 e. The molecule has 0 amide bonds. The number of ether oxygens (including phenoxy) is 1. The number of thiazole rings is 1. The second-order valence-corrected chi connectivity index (χ2v) is 5.21. The summed E-state index contributed by atoms with van der Waals surface area (Å²) in [6, 6.07) is 0. The first-order valence-corrected chi connectivity index (χ1v) is 7.07. The van der Waals surface area contributed by atoms with Gasteiger partial charge in [-0.3, -0.25) is 9.69 Å². The Morgan fingerprint density at radius 2 is 2.56 bits per heavy atom. The van der Waals surface area contributed by atoms with Gasteiger partial charge in [0.25, 0.3) is 0 Å². The normalized spacial score (nSPS) is 21.1. The van der Waals surface area contributed by atoms with Gasteiger partial charge in [-0.25, -0.2) is 4.98 Å². The molecule has 1 aliphatic heterocycles. The molecule has 1 fully saturated rings. The fourth-order valence-corrected chi connectivity index (χ4v) is 2.85. The first-order chi connectivity index (χ1) is 8.69. The number of aliphatic carboxylic acids is 1. The first kappa shape index (κ1) is 13.5. The van der Waals surface area contributed by atoms with E-state index in [2.05, 4.69) is 16.8 Å². The number of aromatic nitrogens is 1. The Morgan fingerprint density at radius 3 is 3.28 bits per heavy atom. The Bertz CT molecular complexity index is 408. The van der Waals surface area contributed by atoms with Crippen molar-refractivity contribution < 1.29 is 14.6 Å². The van der Waals surface area contributed by atoms with Crippen LogP contribution in [0, 0.1) is 0 Å². The predicted octanol–water partition coefficient (Wildman–Crippen LogP) is 1.55. The summed E-state index contributed by atoms with van der Waals surface area (Å²) in [5.74, 6) is -0.782. The third-order valence-corrected chi connectivity index (χ3v) is 4.02. The minimum Gasteiger partial charge on any atom is -0.481 e. The van der Waals surface area contributed by atoms with E-state index in [1.807, 2.05) is 5.38 Å². The van der Waals surface area contributed by atoms with E-state index in [4.69, 9.17) is 9.84 Å². The van der Waals surface area contributed by atoms with E-state index in [-0.39, 0.29) is 12.5 Å². The van der Waals surface area contributed by atoms with Crippen LogP contribution >= 0.6 is 11.3 Å². The van der Waals surface area contributed by atoms with Crippen LogP contribution in [-0.2, 0) is 16.0 Å². The van der Waals surface area contributed by atoms with E-state index < -0.39 is 5.97 Å². The van der Waals surface area contributed by atoms with Gasteiger partial charge < -0.3 is 9.84 Å². The smallest absolute Gasteiger partial charge is 0.303 e. The highest BCUT2D eigenvalue weighted by atomic mass is 32.1. The lowest BCUT2D eigenvalue weighted by Crippen LogP contribution is -2.38. The van der Waals surface area contributed by atoms with Gasteiger partial charge >= 0.3 is 5.97 Å². The number of aryl methyl sites for hydroxylation is 1. The molecule has 0 bridgehead atoms. The van der Waals surface area contributed by atoms with Gasteiger partial charge in [0.15, 0.2) is 0 Å². The van der Waals surface area contributed by atoms with Crippen molar-refractivity contribution in [3.63, 3.8) is 0 Å². The van der Waals surface area contributed by atoms with Gasteiger partial charge in [0.2, 0.25) is 0 Å². The minimum absolute atomic E-state index is 0.0438. The number of carboxylic acids is 1. The summed E-state index contributed by atoms with van der Waals surface area (Å²) in [4.78, 5) is 17.3. The van der Waals surface area contributed by atoms with Crippen molar-refractivity contribution in [2.24, 2.45) is 0 Å². The lowest BCUT2D eigenvalue weighted by molar-refractivity contribution is -0.136. The molecule has 2 heterocycles. The van der Waals surface area contributed by atoms with Crippen LogP contribution in [0.15, 0.2) is 5.38 Å². The maximum Gasteiger partial charge on any atom is 0.303 e. The van der Waals surface area contributed by atoms with Crippen LogP contribution < -0.4 is 0 Å². The number of rotatable bonds is 5. The SMILES string of the molecule is CCN1CCOC(c2nc(CCC(=O)O)cs2)C1. The lowest BCUT2D eigenvalue weighted by Gasteiger charge is -2.30. The molecule has 1 aliphatic rings. The molecule has 0 aromatic carbocycles. The molecule has 6 heteroatoms. The number of morpholine rings is 1. The van der Waals surface area contributed by atoms with Crippen LogP contribution in [0.2, 0.25) is 0 Å². The molecule has 0 saturated carbocycles. The van der Waals surface area contributed by atoms with Crippen molar-refractivity contribution in [1.29, 1.82) is 0 Å². The minimum atomic E-state index is -0.782. The van der Waals surface area contributed by atoms with Crippen molar-refractivity contribution in [1.82, 2.24) is 9.88 Å². The van der Waals surface area contributed by atoms with E-state index in [1.165, 1.54) is 0 Å². The number of hydrogen-bond acceptors (Lipinski definition) is 5. The van der Waals surface area contributed by atoms with Crippen molar-refractivity contribution in [3.05, 3.63) is 16.1 Å². The molecule has 2 rings (SSSR count). The maximum absolute atomic E-state index is 10.5. The monoisotopic (exact) mass is 270 g/mol. The molecule has 1 aromatic heterocycles. The molecule has 0 radical (unpaired) electrons. The molecule has 1 N–H and O–H groups in total. The Labute approximate surface area is 110 Å². The third kappa shape index (κ3) is 3.51. The summed E-state index contributed by atoms with van der Waals surface area (Å²) >= 11 is 1.56. The zero-order valence-corrected chi connectivity index (χ0v) is 11.3. The van der Waals surface area contributed by atoms with Crippen LogP contribution in [0.5, 0.6) is 0 Å². The molecule has 1 atom stereocenters. The average Bonchev–Trinajstić information content (AvgIpc) is 2.85. The standard InChI is InChI=1S/C12H18N2O3S/c1-2-14-5-6-17-10(7-14)12-13-9(8-18-12)3-4-11(15)16/h8,10H,2-7H2,1H3,(H,15,16). The van der Waals surface area contributed by atoms with Crippen LogP contribution in [0.4, 0.5) is 0 Å². The van der Waals surface area contributed by atoms with Crippen molar-refractivity contribution in [2.75, 3.05) is 26.2 Å². The van der Waals surface area contributed by atoms with Gasteiger partial charge in [-0.05, 0) is 6.54 Å². The van der Waals surface area contributed by atoms with E-state index in [0.29, 0.717) is 6.42 Å². The molecule has 0 spiro atoms. The van der Waals surface area contributed by atoms with Gasteiger partial charge in [0.1, 0.15) is 11.1 Å². The molecule has 100 valence electrons. The highest BCUT2D eigenvalue weighted by Crippen LogP contribution is 2.25. The number of hydrogen-bond donors (Lipinski definition) is 1. The molecule has 5 nitrogen and oxygen atoms in total. The summed E-state index contributed by atoms with van der Waals surface area (Å²) < 4.78 is 5.72. The maximum atomic E-state index is 10.5. The van der Waals surface area contributed by atoms with Gasteiger partial charge in [-0.1, -0.05) is 6.92 Å². The molecular weight excluding hydrogens is 252 g/mol. The zero-order chi connectivity index (χ0) is 13.0. The zero-order valence-electron chi connectivity index (χ0n) is 10.5. The first-order valence-electron chi connectivity index (χ1n) is 6.19. The lowest BCUT2D eigenvalue weighted by atomic mass is 10.2. The molecule has 18 heavy (non-hydrogen) atoms. The number of nitrogens with zero attached hydrogens (tertiary/aromatic N) is 2. The Hall–Kier alpha value is -0.980. The second-order valence-electron chi connectivity index (χ2n) is 4.32. The summed E-state index contributed by atoms with van der Waals surface area (Å²) in [5.41, 5.74) is 0.856. The summed E-state index contributed by atoms with van der Waals surface area (Å²) in [7, 11) is 0. The highest BCUT2D eigenvalue weighted by molar-refractivity contribution is 7.09. The van der Waals surface area contributed by atoms with E-state index in [1.54, 1.807) is 11.3 Å². The Balaban J connectivity index is 1.94. The number of likely N-dealkylation sites (N-methyl/N-ethyl adjacent to an activating group) is 1. The third-order valence-electron chi connectivity index (χ3n) is 3.04. The van der Waals surface area contributed by atoms with Crippen LogP contribution in [-0.4, -0.2) is 47.2 Å². The van der Waals surface area contributed by atoms with Crippen LogP contribution in [0.3, 0.4) is 0 Å². The predicted molar refractivity (Wildman–Crippen MR) is 68.9 cm³/mol. The van der Waals surface area contributed by atoms with Crippen LogP contribution in [0.1, 0.15) is 30.2 Å². The molecule has 0 aliphatic carbocycles. The Morgan fingerprint density at radius 1 is 1.72 bits per heavy atom. The topological polar surface area (TPSA) is 62.7 Å². The highest BCUT2D eigenvalue weighted by Gasteiger charge is 2.23. The fourth-order valence-electron chi connectivity index (χ4n) is 1.96. The van der Waals surface area contributed by atoms with E-state index in [0.717, 1.165) is 36.9 Å². The summed E-state index contributed by atoms with van der Waals surface area (Å²) in [6.45, 7) is 5.76. The van der Waals surface area contributed by atoms with E-state index in [9.17, 15) is 4.79 Å².